The molecule has 2 N–H and O–H groups in total. The molecule has 0 saturated carbocycles. The Morgan fingerprint density at radius 3 is 2.23 bits per heavy atom. The predicted molar refractivity (Wildman–Crippen MR) is 297 cm³/mol. The van der Waals surface area contributed by atoms with E-state index in [2.05, 4.69) is 10.3 Å². The summed E-state index contributed by atoms with van der Waals surface area (Å²) in [5.41, 5.74) is 5.45. The number of imidazole rings is 1. The molecule has 18 nitrogen and oxygen atoms in total. The molecule has 2 aromatic heterocycles. The lowest BCUT2D eigenvalue weighted by Crippen LogP contribution is -2.50. The number of rotatable bonds is 28. The van der Waals surface area contributed by atoms with Crippen LogP contribution in [0.2, 0.25) is 0 Å². The molecule has 418 valence electrons. The summed E-state index contributed by atoms with van der Waals surface area (Å²) in [5, 5.41) is 13.5. The summed E-state index contributed by atoms with van der Waals surface area (Å²) in [4.78, 5) is 73.6. The maximum atomic E-state index is 14.1. The smallest absolute Gasteiger partial charge is 0.328 e. The van der Waals surface area contributed by atoms with Crippen LogP contribution >= 0.6 is 11.3 Å². The third kappa shape index (κ3) is 15.4. The molecule has 1 saturated heterocycles. The van der Waals surface area contributed by atoms with Crippen LogP contribution in [-0.4, -0.2) is 121 Å². The average molecular weight is 1110 g/mol. The van der Waals surface area contributed by atoms with Crippen molar-refractivity contribution in [3.8, 4) is 27.7 Å². The molecule has 1 aliphatic heterocycles. The number of β-amino-alcohol motifs (C(OH)–C–C–N with tert-alkyl or cyclic N) is 1. The number of carbonyl (C=O) groups excluding carboxylic acids is 4. The number of hydrogen-bond donors (Lipinski definition) is 2. The Balaban J connectivity index is 0.809. The molecule has 2 amide bonds. The standard InChI is InChI=1S/C58H71N5O13S2/c1-8-21-75-45-13-10-14-46(31-45)76-53-32-50-49(61(6)57(69)62(50)7)28-42(53)36-78(70,71)47-15-9-12-41(27-47)52(66)16-11-22-72-23-24-73-25-26-74-35-44(65)29-48(58(3,4)5)56(68)63-34-43(64)30-51(63)55(67)59-33-39-17-19-40(20-18-39)54-38(2)60-37-77-54/h9-10,12-15,17-20,27-28,31-32,37,43,48,51,64H,8,11,16,21-26,29-30,33-36H2,1-7H3,(H,59,67)/t43-,48-,51+/m0/s1. The molecule has 4 aromatic carbocycles. The quantitative estimate of drug-likeness (QED) is 0.0354. The molecule has 1 aliphatic rings. The van der Waals surface area contributed by atoms with Gasteiger partial charge in [-0.1, -0.05) is 70.2 Å². The molecule has 3 heterocycles. The molecule has 6 aromatic rings. The van der Waals surface area contributed by atoms with E-state index >= 15 is 0 Å². The van der Waals surface area contributed by atoms with Crippen LogP contribution in [-0.2, 0) is 64.8 Å². The zero-order chi connectivity index (χ0) is 56.1. The minimum Gasteiger partial charge on any atom is -0.493 e. The van der Waals surface area contributed by atoms with Gasteiger partial charge in [-0.05, 0) is 66.6 Å². The molecule has 0 unspecified atom stereocenters. The summed E-state index contributed by atoms with van der Waals surface area (Å²) < 4.78 is 59.9. The molecule has 0 spiro atoms. The first-order valence-electron chi connectivity index (χ1n) is 26.2. The van der Waals surface area contributed by atoms with Gasteiger partial charge in [0.1, 0.15) is 29.9 Å². The van der Waals surface area contributed by atoms with Crippen LogP contribution in [0.5, 0.6) is 17.2 Å². The number of benzene rings is 4. The highest BCUT2D eigenvalue weighted by molar-refractivity contribution is 7.90. The summed E-state index contributed by atoms with van der Waals surface area (Å²) in [6, 6.07) is 23.2. The molecule has 7 rings (SSSR count). The van der Waals surface area contributed by atoms with E-state index in [0.29, 0.717) is 41.1 Å². The number of nitrogens with one attached hydrogen (secondary N) is 1. The van der Waals surface area contributed by atoms with Crippen molar-refractivity contribution in [2.24, 2.45) is 25.4 Å². The number of likely N-dealkylation sites (tertiary alicyclic amines) is 1. The molecule has 0 bridgehead atoms. The number of aliphatic hydroxyl groups is 1. The number of hydrogen-bond acceptors (Lipinski definition) is 15. The SMILES string of the molecule is CCCOc1cccc(Oc2cc3c(cc2CS(=O)(=O)c2cccc(C(=O)CCCOCCOCCOCC(=O)C[C@@H](C(=O)N4C[C@@H](O)C[C@@H]4C(=O)NCc4ccc(-c5scnc5C)cc4)C(C)(C)C)c2)n(C)c(=O)n3C)c1. The van der Waals surface area contributed by atoms with Gasteiger partial charge in [0.2, 0.25) is 11.8 Å². The van der Waals surface area contributed by atoms with Crippen molar-refractivity contribution in [3.05, 3.63) is 123 Å². The lowest BCUT2D eigenvalue weighted by molar-refractivity contribution is -0.146. The maximum absolute atomic E-state index is 14.1. The van der Waals surface area contributed by atoms with E-state index < -0.39 is 39.1 Å². The highest BCUT2D eigenvalue weighted by Crippen LogP contribution is 2.36. The van der Waals surface area contributed by atoms with Crippen molar-refractivity contribution < 1.29 is 56.4 Å². The van der Waals surface area contributed by atoms with Gasteiger partial charge in [0.25, 0.3) is 0 Å². The van der Waals surface area contributed by atoms with Gasteiger partial charge in [0.15, 0.2) is 21.4 Å². The van der Waals surface area contributed by atoms with Gasteiger partial charge in [0, 0.05) is 82.2 Å². The van der Waals surface area contributed by atoms with Gasteiger partial charge in [0.05, 0.1) is 76.9 Å². The average Bonchev–Trinajstić information content (AvgIpc) is 4.25. The molecular weight excluding hydrogens is 1040 g/mol. The van der Waals surface area contributed by atoms with Crippen LogP contribution in [0.1, 0.15) is 87.0 Å². The minimum atomic E-state index is -4.02. The number of Topliss-reactive ketones (excluding diaryl/α,β-unsaturated/α-hetero) is 2. The van der Waals surface area contributed by atoms with Crippen LogP contribution in [0.25, 0.3) is 21.5 Å². The van der Waals surface area contributed by atoms with E-state index in [1.165, 1.54) is 32.2 Å². The maximum Gasteiger partial charge on any atom is 0.328 e. The first-order valence-corrected chi connectivity index (χ1v) is 28.7. The van der Waals surface area contributed by atoms with Gasteiger partial charge in [-0.25, -0.2) is 18.2 Å². The van der Waals surface area contributed by atoms with Gasteiger partial charge in [-0.15, -0.1) is 11.3 Å². The molecule has 0 radical (unpaired) electrons. The summed E-state index contributed by atoms with van der Waals surface area (Å²) >= 11 is 1.56. The Morgan fingerprint density at radius 1 is 0.859 bits per heavy atom. The summed E-state index contributed by atoms with van der Waals surface area (Å²) in [6.07, 6.45) is 0.443. The molecule has 3 atom stereocenters. The van der Waals surface area contributed by atoms with Crippen molar-refractivity contribution >= 4 is 55.6 Å². The number of amides is 2. The van der Waals surface area contributed by atoms with Crippen molar-refractivity contribution in [3.63, 3.8) is 0 Å². The van der Waals surface area contributed by atoms with Gasteiger partial charge < -0.3 is 39.0 Å². The summed E-state index contributed by atoms with van der Waals surface area (Å²) in [7, 11) is -0.769. The lowest BCUT2D eigenvalue weighted by atomic mass is 9.77. The largest absolute Gasteiger partial charge is 0.493 e. The number of ether oxygens (including phenoxy) is 5. The van der Waals surface area contributed by atoms with Crippen molar-refractivity contribution in [2.75, 3.05) is 52.8 Å². The molecule has 0 aliphatic carbocycles. The van der Waals surface area contributed by atoms with Crippen LogP contribution in [0.4, 0.5) is 0 Å². The summed E-state index contributed by atoms with van der Waals surface area (Å²) in [6.45, 7) is 11.1. The number of fused-ring (bicyclic) bond motifs is 1. The van der Waals surface area contributed by atoms with E-state index in [1.807, 2.05) is 58.9 Å². The normalized spacial score (nSPS) is 15.2. The Kier molecular flexibility index (Phi) is 20.4. The van der Waals surface area contributed by atoms with E-state index in [9.17, 15) is 37.5 Å². The molecular formula is C58H71N5O13S2. The minimum absolute atomic E-state index is 0.00751. The van der Waals surface area contributed by atoms with Crippen LogP contribution in [0, 0.1) is 18.3 Å². The Bertz CT molecular complexity index is 3230. The second kappa shape index (κ2) is 26.9. The fourth-order valence-electron chi connectivity index (χ4n) is 9.22. The number of aliphatic hydroxyl groups excluding tert-OH is 1. The second-order valence-corrected chi connectivity index (χ2v) is 23.4. The predicted octanol–water partition coefficient (Wildman–Crippen LogP) is 7.78. The topological polar surface area (TPSA) is 224 Å². The Hall–Kier alpha value is -6.55. The number of aryl methyl sites for hydroxylation is 3. The first kappa shape index (κ1) is 59.1. The fraction of sp³-hybridized carbons (Fsp3) is 0.448. The Morgan fingerprint density at radius 2 is 1.54 bits per heavy atom. The van der Waals surface area contributed by atoms with Crippen LogP contribution < -0.4 is 20.5 Å². The fourth-order valence-corrected chi connectivity index (χ4v) is 11.4. The highest BCUT2D eigenvalue weighted by atomic mass is 32.2. The third-order valence-electron chi connectivity index (χ3n) is 13.6. The van der Waals surface area contributed by atoms with E-state index in [0.717, 1.165) is 28.1 Å². The van der Waals surface area contributed by atoms with E-state index in [4.69, 9.17) is 23.7 Å². The number of aromatic nitrogens is 3. The lowest BCUT2D eigenvalue weighted by Gasteiger charge is -2.34. The van der Waals surface area contributed by atoms with Crippen molar-refractivity contribution in [2.45, 2.75) is 96.1 Å². The number of carbonyl (C=O) groups is 4. The molecule has 20 heteroatoms. The Labute approximate surface area is 459 Å². The van der Waals surface area contributed by atoms with Crippen molar-refractivity contribution in [1.29, 1.82) is 0 Å². The highest BCUT2D eigenvalue weighted by Gasteiger charge is 2.44. The van der Waals surface area contributed by atoms with Gasteiger partial charge in [-0.2, -0.15) is 0 Å². The van der Waals surface area contributed by atoms with Crippen LogP contribution in [0.15, 0.2) is 100 Å². The molecule has 78 heavy (non-hydrogen) atoms. The van der Waals surface area contributed by atoms with Crippen LogP contribution in [0.3, 0.4) is 0 Å². The molecule has 1 fully saturated rings. The number of thiazole rings is 1. The zero-order valence-corrected chi connectivity index (χ0v) is 47.1. The summed E-state index contributed by atoms with van der Waals surface area (Å²) in [5.74, 6) is -1.20. The third-order valence-corrected chi connectivity index (χ3v) is 16.2. The second-order valence-electron chi connectivity index (χ2n) is 20.6. The zero-order valence-electron chi connectivity index (χ0n) is 45.5. The number of nitrogens with zero attached hydrogens (tertiary/aromatic N) is 4. The van der Waals surface area contributed by atoms with E-state index in [1.54, 1.807) is 73.4 Å². The van der Waals surface area contributed by atoms with Crippen molar-refractivity contribution in [1.82, 2.24) is 24.3 Å². The monoisotopic (exact) mass is 1110 g/mol. The van der Waals surface area contributed by atoms with Gasteiger partial charge in [-0.3, -0.25) is 28.3 Å². The first-order chi connectivity index (χ1) is 37.2. The van der Waals surface area contributed by atoms with E-state index in [-0.39, 0.29) is 117 Å². The van der Waals surface area contributed by atoms with Gasteiger partial charge >= 0.3 is 5.69 Å². The number of sulfone groups is 1. The number of ketones is 2.